The van der Waals surface area contributed by atoms with Crippen molar-refractivity contribution >= 4 is 46.2 Å². The first-order chi connectivity index (χ1) is 8.24. The molecule has 1 aliphatic heterocycles. The molecule has 1 amide bonds. The Morgan fingerprint density at radius 2 is 2.18 bits per heavy atom. The first-order valence-electron chi connectivity index (χ1n) is 5.10. The molecule has 0 unspecified atom stereocenters. The quantitative estimate of drug-likeness (QED) is 0.775. The molecule has 1 aliphatic rings. The van der Waals surface area contributed by atoms with E-state index in [4.69, 9.17) is 11.6 Å². The largest absolute Gasteiger partial charge is 0.321 e. The van der Waals surface area contributed by atoms with Gasteiger partial charge in [-0.1, -0.05) is 23.7 Å². The fourth-order valence-corrected chi connectivity index (χ4v) is 2.66. The number of fused-ring (bicyclic) bond motifs is 1. The van der Waals surface area contributed by atoms with Crippen LogP contribution in [0.4, 0.5) is 5.69 Å². The third-order valence-electron chi connectivity index (χ3n) is 2.59. The van der Waals surface area contributed by atoms with Crippen LogP contribution < -0.4 is 5.32 Å². The smallest absolute Gasteiger partial charge is 0.256 e. The number of rotatable bonds is 1. The highest BCUT2D eigenvalue weighted by molar-refractivity contribution is 7.11. The van der Waals surface area contributed by atoms with Gasteiger partial charge in [-0.25, -0.2) is 0 Å². The van der Waals surface area contributed by atoms with Crippen LogP contribution in [0.3, 0.4) is 0 Å². The van der Waals surface area contributed by atoms with Crippen molar-refractivity contribution in [3.63, 3.8) is 0 Å². The molecule has 0 bridgehead atoms. The van der Waals surface area contributed by atoms with Gasteiger partial charge in [0, 0.05) is 15.5 Å². The maximum atomic E-state index is 11.9. The summed E-state index contributed by atoms with van der Waals surface area (Å²) in [5.41, 5.74) is 2.39. The number of anilines is 1. The van der Waals surface area contributed by atoms with E-state index < -0.39 is 0 Å². The summed E-state index contributed by atoms with van der Waals surface area (Å²) in [5, 5.41) is 5.43. The number of amides is 1. The number of benzene rings is 1. The second-order valence-corrected chi connectivity index (χ2v) is 5.13. The summed E-state index contributed by atoms with van der Waals surface area (Å²) in [6.07, 6.45) is 1.90. The molecule has 2 heterocycles. The minimum atomic E-state index is -0.0735. The lowest BCUT2D eigenvalue weighted by molar-refractivity contribution is -0.110. The molecular weight excluding hydrogens is 254 g/mol. The second kappa shape index (κ2) is 4.02. The van der Waals surface area contributed by atoms with Crippen molar-refractivity contribution in [1.29, 1.82) is 0 Å². The standard InChI is InChI=1S/C13H8ClNOS/c14-8-3-4-10-11(7-9-2-1-5-17-9)13(16)15-12(10)6-8/h1-7H,(H,15,16). The van der Waals surface area contributed by atoms with Crippen molar-refractivity contribution in [2.75, 3.05) is 5.32 Å². The Morgan fingerprint density at radius 3 is 2.94 bits per heavy atom. The number of thiophene rings is 1. The van der Waals surface area contributed by atoms with Gasteiger partial charge in [0.1, 0.15) is 0 Å². The lowest BCUT2D eigenvalue weighted by atomic mass is 10.1. The van der Waals surface area contributed by atoms with E-state index in [1.807, 2.05) is 29.7 Å². The van der Waals surface area contributed by atoms with E-state index >= 15 is 0 Å². The van der Waals surface area contributed by atoms with Crippen LogP contribution in [0, 0.1) is 0 Å². The molecule has 0 aliphatic carbocycles. The number of carbonyl (C=O) groups is 1. The van der Waals surface area contributed by atoms with Gasteiger partial charge in [0.2, 0.25) is 0 Å². The van der Waals surface area contributed by atoms with E-state index in [1.54, 1.807) is 23.5 Å². The maximum Gasteiger partial charge on any atom is 0.256 e. The average molecular weight is 262 g/mol. The van der Waals surface area contributed by atoms with Crippen LogP contribution in [0.2, 0.25) is 5.02 Å². The number of halogens is 1. The third kappa shape index (κ3) is 1.88. The number of hydrogen-bond donors (Lipinski definition) is 1. The zero-order valence-electron chi connectivity index (χ0n) is 8.74. The molecule has 84 valence electrons. The Morgan fingerprint density at radius 1 is 1.29 bits per heavy atom. The topological polar surface area (TPSA) is 29.1 Å². The molecule has 0 spiro atoms. The Balaban J connectivity index is 2.11. The Hall–Kier alpha value is -1.58. The van der Waals surface area contributed by atoms with E-state index in [0.29, 0.717) is 10.6 Å². The zero-order valence-corrected chi connectivity index (χ0v) is 10.3. The van der Waals surface area contributed by atoms with Gasteiger partial charge in [-0.2, -0.15) is 0 Å². The lowest BCUT2D eigenvalue weighted by Gasteiger charge is -1.97. The molecule has 0 saturated heterocycles. The van der Waals surface area contributed by atoms with Crippen molar-refractivity contribution in [3.05, 3.63) is 51.2 Å². The molecule has 4 heteroatoms. The first kappa shape index (κ1) is 10.6. The van der Waals surface area contributed by atoms with Gasteiger partial charge in [-0.15, -0.1) is 11.3 Å². The van der Waals surface area contributed by atoms with Crippen molar-refractivity contribution in [3.8, 4) is 0 Å². The number of nitrogens with one attached hydrogen (secondary N) is 1. The Bertz CT molecular complexity index is 616. The van der Waals surface area contributed by atoms with Crippen LogP contribution in [0.25, 0.3) is 11.6 Å². The number of hydrogen-bond acceptors (Lipinski definition) is 2. The van der Waals surface area contributed by atoms with Crippen LogP contribution in [0.15, 0.2) is 35.7 Å². The van der Waals surface area contributed by atoms with Crippen molar-refractivity contribution in [1.82, 2.24) is 0 Å². The van der Waals surface area contributed by atoms with Crippen LogP contribution in [0.1, 0.15) is 10.4 Å². The molecule has 3 rings (SSSR count). The molecule has 1 N–H and O–H groups in total. The highest BCUT2D eigenvalue weighted by Gasteiger charge is 2.23. The van der Waals surface area contributed by atoms with Crippen molar-refractivity contribution < 1.29 is 4.79 Å². The predicted octanol–water partition coefficient (Wildman–Crippen LogP) is 3.89. The van der Waals surface area contributed by atoms with E-state index in [0.717, 1.165) is 16.1 Å². The summed E-state index contributed by atoms with van der Waals surface area (Å²) in [6, 6.07) is 9.38. The molecule has 0 fully saturated rings. The highest BCUT2D eigenvalue weighted by Crippen LogP contribution is 2.35. The molecule has 0 radical (unpaired) electrons. The fourth-order valence-electron chi connectivity index (χ4n) is 1.83. The van der Waals surface area contributed by atoms with Gasteiger partial charge in [0.05, 0.1) is 11.3 Å². The molecule has 2 nitrogen and oxygen atoms in total. The van der Waals surface area contributed by atoms with Crippen molar-refractivity contribution in [2.45, 2.75) is 0 Å². The Kier molecular flexibility index (Phi) is 2.50. The van der Waals surface area contributed by atoms with E-state index in [1.165, 1.54) is 0 Å². The molecule has 0 saturated carbocycles. The van der Waals surface area contributed by atoms with Crippen LogP contribution >= 0.6 is 22.9 Å². The first-order valence-corrected chi connectivity index (χ1v) is 6.36. The lowest BCUT2D eigenvalue weighted by Crippen LogP contribution is -2.03. The summed E-state index contributed by atoms with van der Waals surface area (Å²) < 4.78 is 0. The summed E-state index contributed by atoms with van der Waals surface area (Å²) in [6.45, 7) is 0. The van der Waals surface area contributed by atoms with E-state index in [9.17, 15) is 4.79 Å². The zero-order chi connectivity index (χ0) is 11.8. The summed E-state index contributed by atoms with van der Waals surface area (Å²) in [5.74, 6) is -0.0735. The van der Waals surface area contributed by atoms with Gasteiger partial charge in [-0.3, -0.25) is 4.79 Å². The van der Waals surface area contributed by atoms with Gasteiger partial charge in [0.25, 0.3) is 5.91 Å². The van der Waals surface area contributed by atoms with E-state index in [-0.39, 0.29) is 5.91 Å². The fraction of sp³-hybridized carbons (Fsp3) is 0. The molecule has 17 heavy (non-hydrogen) atoms. The summed E-state index contributed by atoms with van der Waals surface area (Å²) in [4.78, 5) is 12.9. The predicted molar refractivity (Wildman–Crippen MR) is 72.3 cm³/mol. The monoisotopic (exact) mass is 261 g/mol. The molecule has 2 aromatic rings. The third-order valence-corrected chi connectivity index (χ3v) is 3.65. The Labute approximate surface area is 108 Å². The van der Waals surface area contributed by atoms with Gasteiger partial charge in [-0.05, 0) is 29.7 Å². The molecule has 1 aromatic heterocycles. The molecule has 1 aromatic carbocycles. The van der Waals surface area contributed by atoms with Gasteiger partial charge < -0.3 is 5.32 Å². The number of carbonyl (C=O) groups excluding carboxylic acids is 1. The van der Waals surface area contributed by atoms with Gasteiger partial charge >= 0.3 is 0 Å². The summed E-state index contributed by atoms with van der Waals surface area (Å²) in [7, 11) is 0. The minimum Gasteiger partial charge on any atom is -0.321 e. The minimum absolute atomic E-state index is 0.0735. The summed E-state index contributed by atoms with van der Waals surface area (Å²) >= 11 is 7.50. The molecule has 0 atom stereocenters. The highest BCUT2D eigenvalue weighted by atomic mass is 35.5. The van der Waals surface area contributed by atoms with Gasteiger partial charge in [0.15, 0.2) is 0 Å². The van der Waals surface area contributed by atoms with Crippen molar-refractivity contribution in [2.24, 2.45) is 0 Å². The average Bonchev–Trinajstić information content (AvgIpc) is 2.88. The van der Waals surface area contributed by atoms with Crippen LogP contribution in [-0.2, 0) is 4.79 Å². The van der Waals surface area contributed by atoms with E-state index in [2.05, 4.69) is 5.32 Å². The van der Waals surface area contributed by atoms with Crippen LogP contribution in [-0.4, -0.2) is 5.91 Å². The maximum absolute atomic E-state index is 11.9. The second-order valence-electron chi connectivity index (χ2n) is 3.72. The normalized spacial score (nSPS) is 16.1. The van der Waals surface area contributed by atoms with Crippen LogP contribution in [0.5, 0.6) is 0 Å². The SMILES string of the molecule is O=C1Nc2cc(Cl)ccc2C1=Cc1cccs1. The molecular formula is C13H8ClNOS.